The van der Waals surface area contributed by atoms with E-state index in [1.54, 1.807) is 30.3 Å². The molecule has 26 heavy (non-hydrogen) atoms. The molecule has 0 amide bonds. The van der Waals surface area contributed by atoms with E-state index in [1.807, 2.05) is 0 Å². The fourth-order valence-corrected chi connectivity index (χ4v) is 2.53. The van der Waals surface area contributed by atoms with Gasteiger partial charge in [-0.1, -0.05) is 72.1 Å². The van der Waals surface area contributed by atoms with E-state index in [9.17, 15) is 4.39 Å². The summed E-state index contributed by atoms with van der Waals surface area (Å²) in [5, 5.41) is 0.266. The number of hydrogen-bond donors (Lipinski definition) is 0. The molecule has 3 aromatic carbocycles. The van der Waals surface area contributed by atoms with Gasteiger partial charge in [0.15, 0.2) is 17.5 Å². The number of halogens is 2. The van der Waals surface area contributed by atoms with Crippen LogP contribution in [0.15, 0.2) is 78.7 Å². The van der Waals surface area contributed by atoms with Crippen LogP contribution >= 0.6 is 11.6 Å². The minimum Gasteiger partial charge on any atom is -0.208 e. The van der Waals surface area contributed by atoms with Crippen LogP contribution in [0.25, 0.3) is 34.2 Å². The predicted octanol–water partition coefficient (Wildman–Crippen LogP) is 5.67. The minimum atomic E-state index is -0.623. The Balaban J connectivity index is 2.06. The van der Waals surface area contributed by atoms with Gasteiger partial charge in [-0.15, -0.1) is 0 Å². The van der Waals surface area contributed by atoms with Crippen LogP contribution < -0.4 is 0 Å². The number of rotatable bonds is 3. The van der Waals surface area contributed by atoms with Crippen LogP contribution in [-0.4, -0.2) is 15.0 Å². The summed E-state index contributed by atoms with van der Waals surface area (Å²) in [7, 11) is 0. The van der Waals surface area contributed by atoms with Crippen LogP contribution in [0.4, 0.5) is 4.39 Å². The van der Waals surface area contributed by atoms with Crippen LogP contribution in [-0.2, 0) is 0 Å². The predicted molar refractivity (Wildman–Crippen MR) is 101 cm³/mol. The second-order valence-corrected chi connectivity index (χ2v) is 5.73. The lowest BCUT2D eigenvalue weighted by molar-refractivity contribution is 0.630. The molecule has 0 aliphatic heterocycles. The summed E-state index contributed by atoms with van der Waals surface area (Å²) in [6.07, 6.45) is 0. The summed E-state index contributed by atoms with van der Waals surface area (Å²) in [6, 6.07) is 10.2. The summed E-state index contributed by atoms with van der Waals surface area (Å²) in [4.78, 5) is 12.9. The average Bonchev–Trinajstić information content (AvgIpc) is 2.78. The van der Waals surface area contributed by atoms with Crippen molar-refractivity contribution in [3.63, 3.8) is 0 Å². The highest BCUT2D eigenvalue weighted by Gasteiger charge is 2.15. The van der Waals surface area contributed by atoms with Gasteiger partial charge in [-0.2, -0.15) is 0 Å². The maximum Gasteiger partial charge on any atom is 0.167 e. The summed E-state index contributed by atoms with van der Waals surface area (Å²) >= 11 is 6.02. The molecule has 126 valence electrons. The van der Waals surface area contributed by atoms with E-state index < -0.39 is 36.0 Å². The van der Waals surface area contributed by atoms with Crippen molar-refractivity contribution in [2.75, 3.05) is 0 Å². The van der Waals surface area contributed by atoms with Crippen molar-refractivity contribution in [1.82, 2.24) is 15.0 Å². The first kappa shape index (κ1) is 11.5. The van der Waals surface area contributed by atoms with Gasteiger partial charge >= 0.3 is 0 Å². The highest BCUT2D eigenvalue weighted by Crippen LogP contribution is 2.27. The molecular weight excluding hydrogens is 349 g/mol. The average molecular weight is 367 g/mol. The van der Waals surface area contributed by atoms with Crippen LogP contribution in [0.2, 0.25) is 5.02 Å². The fraction of sp³-hybridized carbons (Fsp3) is 0. The summed E-state index contributed by atoms with van der Waals surface area (Å²) in [6.45, 7) is 0. The summed E-state index contributed by atoms with van der Waals surface area (Å²) < 4.78 is 54.7. The molecule has 0 spiro atoms. The highest BCUT2D eigenvalue weighted by molar-refractivity contribution is 6.30. The lowest BCUT2D eigenvalue weighted by Gasteiger charge is -2.09. The molecule has 1 aromatic heterocycles. The molecule has 0 N–H and O–H groups in total. The normalized spacial score (nSPS) is 13.4. The number of benzene rings is 3. The second-order valence-electron chi connectivity index (χ2n) is 5.30. The molecule has 0 saturated heterocycles. The molecule has 4 aromatic rings. The SMILES string of the molecule is [2H]c1c([2H])c([2H])c(-c2nc(-c3ccccc3)nc(-c3cc(Cl)ccc3F)n2)c([2H])c1[2H]. The number of hydrogen-bond acceptors (Lipinski definition) is 3. The van der Waals surface area contributed by atoms with Gasteiger partial charge in [0, 0.05) is 16.1 Å². The number of nitrogens with zero attached hydrogens (tertiary/aromatic N) is 3. The molecule has 0 aliphatic carbocycles. The Morgan fingerprint density at radius 3 is 2.15 bits per heavy atom. The quantitative estimate of drug-likeness (QED) is 0.469. The van der Waals surface area contributed by atoms with Gasteiger partial charge in [-0.25, -0.2) is 19.3 Å². The standard InChI is InChI=1S/C21H13ClFN3/c22-16-11-12-18(23)17(13-16)21-25-19(14-7-3-1-4-8-14)24-20(26-21)15-9-5-2-6-10-15/h1-13H/i1D,3D,4D,7D,8D. The van der Waals surface area contributed by atoms with Crippen LogP contribution in [0.1, 0.15) is 6.85 Å². The minimum absolute atomic E-state index is 0.000646. The molecule has 5 heteroatoms. The Morgan fingerprint density at radius 1 is 0.769 bits per heavy atom. The van der Waals surface area contributed by atoms with Crippen molar-refractivity contribution in [3.05, 3.63) is 89.6 Å². The van der Waals surface area contributed by atoms with Crippen molar-refractivity contribution in [1.29, 1.82) is 0 Å². The molecule has 0 atom stereocenters. The molecular formula is C21H13ClFN3. The van der Waals surface area contributed by atoms with E-state index in [2.05, 4.69) is 15.0 Å². The highest BCUT2D eigenvalue weighted by atomic mass is 35.5. The van der Waals surface area contributed by atoms with Gasteiger partial charge in [0.25, 0.3) is 0 Å². The fourth-order valence-electron chi connectivity index (χ4n) is 2.36. The van der Waals surface area contributed by atoms with Crippen molar-refractivity contribution >= 4 is 11.6 Å². The smallest absolute Gasteiger partial charge is 0.167 e. The van der Waals surface area contributed by atoms with Crippen molar-refractivity contribution in [2.24, 2.45) is 0 Å². The van der Waals surface area contributed by atoms with E-state index in [0.29, 0.717) is 5.56 Å². The molecule has 0 aliphatic rings. The van der Waals surface area contributed by atoms with E-state index in [1.165, 1.54) is 18.2 Å². The molecule has 0 unspecified atom stereocenters. The van der Waals surface area contributed by atoms with Crippen LogP contribution in [0.3, 0.4) is 0 Å². The van der Waals surface area contributed by atoms with Crippen molar-refractivity contribution < 1.29 is 11.2 Å². The molecule has 3 nitrogen and oxygen atoms in total. The third kappa shape index (κ3) is 3.32. The lowest BCUT2D eigenvalue weighted by Crippen LogP contribution is -2.01. The molecule has 4 rings (SSSR count). The summed E-state index contributed by atoms with van der Waals surface area (Å²) in [5.41, 5.74) is 0.386. The Morgan fingerprint density at radius 2 is 1.42 bits per heavy atom. The first-order valence-corrected chi connectivity index (χ1v) is 8.00. The van der Waals surface area contributed by atoms with Gasteiger partial charge in [-0.05, 0) is 18.2 Å². The first-order chi connectivity index (χ1) is 14.8. The van der Waals surface area contributed by atoms with Gasteiger partial charge in [0.1, 0.15) is 5.82 Å². The zero-order valence-electron chi connectivity index (χ0n) is 18.2. The Labute approximate surface area is 162 Å². The second kappa shape index (κ2) is 7.02. The monoisotopic (exact) mass is 366 g/mol. The molecule has 0 radical (unpaired) electrons. The zero-order valence-corrected chi connectivity index (χ0v) is 14.0. The lowest BCUT2D eigenvalue weighted by atomic mass is 10.1. The number of aromatic nitrogens is 3. The zero-order chi connectivity index (χ0) is 22.3. The van der Waals surface area contributed by atoms with Gasteiger partial charge < -0.3 is 0 Å². The van der Waals surface area contributed by atoms with E-state index in [0.717, 1.165) is 0 Å². The van der Waals surface area contributed by atoms with E-state index in [4.69, 9.17) is 18.5 Å². The largest absolute Gasteiger partial charge is 0.208 e. The Bertz CT molecular complexity index is 1290. The van der Waals surface area contributed by atoms with Crippen LogP contribution in [0, 0.1) is 5.82 Å². The Kier molecular flexibility index (Phi) is 3.10. The van der Waals surface area contributed by atoms with Crippen molar-refractivity contribution in [3.8, 4) is 34.2 Å². The Hall–Kier alpha value is -3.11. The van der Waals surface area contributed by atoms with Crippen LogP contribution in [0.5, 0.6) is 0 Å². The third-order valence-corrected chi connectivity index (χ3v) is 3.80. The van der Waals surface area contributed by atoms with Gasteiger partial charge in [0.05, 0.1) is 12.4 Å². The maximum absolute atomic E-state index is 14.5. The first-order valence-electron chi connectivity index (χ1n) is 10.1. The van der Waals surface area contributed by atoms with E-state index in [-0.39, 0.29) is 33.6 Å². The molecule has 1 heterocycles. The molecule has 0 bridgehead atoms. The van der Waals surface area contributed by atoms with Crippen molar-refractivity contribution in [2.45, 2.75) is 0 Å². The summed E-state index contributed by atoms with van der Waals surface area (Å²) in [5.74, 6) is -0.704. The third-order valence-electron chi connectivity index (χ3n) is 3.56. The van der Waals surface area contributed by atoms with E-state index >= 15 is 0 Å². The molecule has 0 fully saturated rings. The maximum atomic E-state index is 14.5. The topological polar surface area (TPSA) is 38.7 Å². The van der Waals surface area contributed by atoms with Gasteiger partial charge in [-0.3, -0.25) is 0 Å². The van der Waals surface area contributed by atoms with Gasteiger partial charge in [0.2, 0.25) is 0 Å². The molecule has 0 saturated carbocycles.